The Kier molecular flexibility index (Phi) is 3.69. The summed E-state index contributed by atoms with van der Waals surface area (Å²) < 4.78 is 3.85. The Morgan fingerprint density at radius 3 is 2.37 bits per heavy atom. The maximum Gasteiger partial charge on any atom is 0.250 e. The van der Waals surface area contributed by atoms with Crippen molar-refractivity contribution >= 4 is 11.6 Å². The van der Waals surface area contributed by atoms with Gasteiger partial charge in [-0.1, -0.05) is 18.2 Å². The van der Waals surface area contributed by atoms with Crippen molar-refractivity contribution in [3.63, 3.8) is 0 Å². The monoisotopic (exact) mass is 258 g/mol. The van der Waals surface area contributed by atoms with Crippen molar-refractivity contribution in [1.29, 1.82) is 0 Å². The number of nitrogens with one attached hydrogen (secondary N) is 1. The first kappa shape index (κ1) is 13.3. The van der Waals surface area contributed by atoms with Crippen molar-refractivity contribution in [2.24, 2.45) is 7.05 Å². The number of amides is 1. The van der Waals surface area contributed by atoms with Crippen LogP contribution in [0.25, 0.3) is 0 Å². The van der Waals surface area contributed by atoms with Crippen LogP contribution in [-0.4, -0.2) is 10.6 Å². The van der Waals surface area contributed by atoms with E-state index in [0.29, 0.717) is 6.54 Å². The second kappa shape index (κ2) is 5.26. The molecule has 0 aliphatic carbocycles. The molecule has 1 aromatic carbocycles. The number of nitrogens with zero attached hydrogens (tertiary/aromatic N) is 2. The van der Waals surface area contributed by atoms with Crippen LogP contribution in [0.1, 0.15) is 16.8 Å². The minimum atomic E-state index is -0.00713. The average molecular weight is 258 g/mol. The molecule has 0 fully saturated rings. The zero-order valence-corrected chi connectivity index (χ0v) is 11.9. The molecule has 4 heteroatoms. The summed E-state index contributed by atoms with van der Waals surface area (Å²) in [6.45, 7) is 6.32. The summed E-state index contributed by atoms with van der Waals surface area (Å²) >= 11 is 0. The van der Waals surface area contributed by atoms with Gasteiger partial charge >= 0.3 is 0 Å². The smallest absolute Gasteiger partial charge is 0.250 e. The van der Waals surface area contributed by atoms with E-state index in [1.54, 1.807) is 0 Å². The van der Waals surface area contributed by atoms with Crippen LogP contribution < -0.4 is 10.00 Å². The molecule has 0 saturated carbocycles. The standard InChI is InChI=1S/C15H19N3O/c1-11-6-5-7-12(2)15(11)16-14(19)10-18-13(3)8-9-17(18)4/h5-9H,10H2,1-4H3/p+1. The molecule has 0 aliphatic rings. The first-order valence-corrected chi connectivity index (χ1v) is 6.37. The van der Waals surface area contributed by atoms with Crippen LogP contribution >= 0.6 is 0 Å². The maximum atomic E-state index is 12.1. The molecule has 19 heavy (non-hydrogen) atoms. The second-order valence-corrected chi connectivity index (χ2v) is 4.90. The van der Waals surface area contributed by atoms with Gasteiger partial charge in [-0.15, -0.1) is 9.36 Å². The van der Waals surface area contributed by atoms with Crippen LogP contribution in [0.3, 0.4) is 0 Å². The highest BCUT2D eigenvalue weighted by atomic mass is 16.2. The number of hydrogen-bond donors (Lipinski definition) is 1. The lowest BCUT2D eigenvalue weighted by molar-refractivity contribution is -0.752. The number of aryl methyl sites for hydroxylation is 4. The van der Waals surface area contributed by atoms with Gasteiger partial charge in [-0.25, -0.2) is 0 Å². The number of carbonyl (C=O) groups is 1. The number of anilines is 1. The fourth-order valence-corrected chi connectivity index (χ4v) is 2.19. The summed E-state index contributed by atoms with van der Waals surface area (Å²) in [4.78, 5) is 12.1. The number of para-hydroxylation sites is 1. The van der Waals surface area contributed by atoms with Crippen molar-refractivity contribution in [3.05, 3.63) is 47.3 Å². The maximum absolute atomic E-state index is 12.1. The van der Waals surface area contributed by atoms with Gasteiger partial charge in [-0.05, 0) is 31.9 Å². The molecule has 1 N–H and O–H groups in total. The van der Waals surface area contributed by atoms with E-state index in [2.05, 4.69) is 5.32 Å². The Hall–Kier alpha value is -2.10. The number of carbonyl (C=O) groups excluding carboxylic acids is 1. The molecule has 0 spiro atoms. The highest BCUT2D eigenvalue weighted by molar-refractivity contribution is 5.92. The van der Waals surface area contributed by atoms with Gasteiger partial charge in [0.1, 0.15) is 0 Å². The Labute approximate surface area is 113 Å². The largest absolute Gasteiger partial charge is 0.324 e. The van der Waals surface area contributed by atoms with Crippen LogP contribution in [0, 0.1) is 20.8 Å². The Bertz CT molecular complexity index is 574. The number of aromatic nitrogens is 2. The Morgan fingerprint density at radius 1 is 1.21 bits per heavy atom. The normalized spacial score (nSPS) is 10.5. The van der Waals surface area contributed by atoms with Gasteiger partial charge in [0.05, 0.1) is 5.69 Å². The van der Waals surface area contributed by atoms with Gasteiger partial charge in [-0.2, -0.15) is 0 Å². The van der Waals surface area contributed by atoms with E-state index in [4.69, 9.17) is 0 Å². The second-order valence-electron chi connectivity index (χ2n) is 4.90. The van der Waals surface area contributed by atoms with Crippen LogP contribution in [0.2, 0.25) is 0 Å². The predicted molar refractivity (Wildman–Crippen MR) is 74.9 cm³/mol. The highest BCUT2D eigenvalue weighted by Gasteiger charge is 2.14. The summed E-state index contributed by atoms with van der Waals surface area (Å²) in [5.41, 5.74) is 4.16. The van der Waals surface area contributed by atoms with Gasteiger partial charge in [0.2, 0.25) is 5.91 Å². The highest BCUT2D eigenvalue weighted by Crippen LogP contribution is 2.19. The summed E-state index contributed by atoms with van der Waals surface area (Å²) in [6.07, 6.45) is 1.95. The van der Waals surface area contributed by atoms with Crippen molar-refractivity contribution in [2.75, 3.05) is 5.32 Å². The lowest BCUT2D eigenvalue weighted by atomic mass is 10.1. The fraction of sp³-hybridized carbons (Fsp3) is 0.333. The van der Waals surface area contributed by atoms with Gasteiger partial charge < -0.3 is 5.32 Å². The molecule has 100 valence electrons. The Balaban J connectivity index is 2.14. The molecule has 2 rings (SSSR count). The van der Waals surface area contributed by atoms with E-state index in [9.17, 15) is 4.79 Å². The van der Waals surface area contributed by atoms with Crippen LogP contribution in [0.5, 0.6) is 0 Å². The summed E-state index contributed by atoms with van der Waals surface area (Å²) in [5.74, 6) is -0.00713. The Morgan fingerprint density at radius 2 is 1.84 bits per heavy atom. The van der Waals surface area contributed by atoms with E-state index in [1.807, 2.05) is 67.6 Å². The lowest BCUT2D eigenvalue weighted by Gasteiger charge is -2.11. The van der Waals surface area contributed by atoms with E-state index < -0.39 is 0 Å². The molecule has 0 unspecified atom stereocenters. The number of rotatable bonds is 3. The van der Waals surface area contributed by atoms with E-state index >= 15 is 0 Å². The molecular weight excluding hydrogens is 238 g/mol. The molecule has 1 heterocycles. The van der Waals surface area contributed by atoms with E-state index in [-0.39, 0.29) is 5.91 Å². The van der Waals surface area contributed by atoms with Gasteiger partial charge in [0.25, 0.3) is 0 Å². The summed E-state index contributed by atoms with van der Waals surface area (Å²) in [7, 11) is 1.93. The fourth-order valence-electron chi connectivity index (χ4n) is 2.19. The molecule has 2 aromatic rings. The first-order valence-electron chi connectivity index (χ1n) is 6.37. The molecule has 0 aliphatic heterocycles. The number of hydrogen-bond acceptors (Lipinski definition) is 1. The summed E-state index contributed by atoms with van der Waals surface area (Å²) in [6, 6.07) is 8.00. The van der Waals surface area contributed by atoms with E-state index in [1.165, 1.54) is 0 Å². The van der Waals surface area contributed by atoms with Crippen molar-refractivity contribution in [1.82, 2.24) is 4.68 Å². The van der Waals surface area contributed by atoms with Crippen molar-refractivity contribution < 1.29 is 9.48 Å². The molecular formula is C15H20N3O+. The predicted octanol–water partition coefficient (Wildman–Crippen LogP) is 1.88. The first-order chi connectivity index (χ1) is 8.99. The molecule has 0 radical (unpaired) electrons. The summed E-state index contributed by atoms with van der Waals surface area (Å²) in [5, 5.41) is 3.00. The van der Waals surface area contributed by atoms with Gasteiger partial charge in [-0.3, -0.25) is 4.79 Å². The third-order valence-electron chi connectivity index (χ3n) is 3.36. The molecule has 0 bridgehead atoms. The quantitative estimate of drug-likeness (QED) is 0.839. The minimum Gasteiger partial charge on any atom is -0.324 e. The number of benzene rings is 1. The molecule has 0 saturated heterocycles. The average Bonchev–Trinajstić information content (AvgIpc) is 2.66. The molecule has 1 amide bonds. The van der Waals surface area contributed by atoms with Crippen LogP contribution in [-0.2, 0) is 18.4 Å². The van der Waals surface area contributed by atoms with E-state index in [0.717, 1.165) is 22.5 Å². The zero-order valence-electron chi connectivity index (χ0n) is 11.9. The van der Waals surface area contributed by atoms with Crippen LogP contribution in [0.4, 0.5) is 5.69 Å². The molecule has 0 atom stereocenters. The minimum absolute atomic E-state index is 0.00713. The van der Waals surface area contributed by atoms with Crippen molar-refractivity contribution in [2.45, 2.75) is 27.3 Å². The van der Waals surface area contributed by atoms with Crippen LogP contribution in [0.15, 0.2) is 30.5 Å². The zero-order chi connectivity index (χ0) is 14.0. The lowest BCUT2D eigenvalue weighted by Crippen LogP contribution is -2.41. The van der Waals surface area contributed by atoms with Gasteiger partial charge in [0.15, 0.2) is 19.8 Å². The van der Waals surface area contributed by atoms with Crippen molar-refractivity contribution in [3.8, 4) is 0 Å². The third-order valence-corrected chi connectivity index (χ3v) is 3.36. The topological polar surface area (TPSA) is 37.9 Å². The molecule has 1 aromatic heterocycles. The van der Waals surface area contributed by atoms with Gasteiger partial charge in [0, 0.05) is 11.8 Å². The SMILES string of the molecule is Cc1cccc(C)c1NC(=O)Cn1c(C)cc[n+]1C. The molecule has 4 nitrogen and oxygen atoms in total. The third kappa shape index (κ3) is 2.84.